The van der Waals surface area contributed by atoms with Crippen LogP contribution < -0.4 is 0 Å². The lowest BCUT2D eigenvalue weighted by molar-refractivity contribution is 0.954. The fraction of sp³-hybridized carbons (Fsp3) is 0. The minimum Gasteiger partial charge on any atom is -0.309 e. The third kappa shape index (κ3) is 5.88. The summed E-state index contributed by atoms with van der Waals surface area (Å²) in [6.45, 7) is 0. The number of pyridine rings is 1. The molecular formula is C56H36N6. The summed E-state index contributed by atoms with van der Waals surface area (Å²) in [5, 5.41) is 4.64. The zero-order valence-electron chi connectivity index (χ0n) is 33.5. The fourth-order valence-electron chi connectivity index (χ4n) is 9.01. The van der Waals surface area contributed by atoms with Crippen molar-refractivity contribution < 1.29 is 0 Å². The van der Waals surface area contributed by atoms with Gasteiger partial charge < -0.3 is 4.57 Å². The lowest BCUT2D eigenvalue weighted by Gasteiger charge is -2.13. The molecular weight excluding hydrogens is 757 g/mol. The molecule has 4 heterocycles. The number of benzene rings is 8. The summed E-state index contributed by atoms with van der Waals surface area (Å²) in [6.07, 6.45) is 0. The summed E-state index contributed by atoms with van der Waals surface area (Å²) in [5.41, 5.74) is 13.5. The highest BCUT2D eigenvalue weighted by Crippen LogP contribution is 2.42. The smallest absolute Gasteiger partial charge is 0.238 e. The molecule has 0 saturated heterocycles. The topological polar surface area (TPSA) is 61.4 Å². The Morgan fingerprint density at radius 1 is 0.274 bits per heavy atom. The van der Waals surface area contributed by atoms with E-state index >= 15 is 0 Å². The van der Waals surface area contributed by atoms with E-state index in [0.29, 0.717) is 17.6 Å². The molecule has 0 bridgehead atoms. The fourth-order valence-corrected chi connectivity index (χ4v) is 9.01. The maximum atomic E-state index is 5.34. The number of nitrogens with zero attached hydrogens (tertiary/aromatic N) is 6. The first-order valence-corrected chi connectivity index (χ1v) is 20.8. The summed E-state index contributed by atoms with van der Waals surface area (Å²) in [7, 11) is 0. The highest BCUT2D eigenvalue weighted by atomic mass is 15.2. The predicted octanol–water partition coefficient (Wildman–Crippen LogP) is 13.8. The van der Waals surface area contributed by atoms with Crippen LogP contribution in [0.25, 0.3) is 112 Å². The Kier molecular flexibility index (Phi) is 8.38. The zero-order valence-corrected chi connectivity index (χ0v) is 33.5. The largest absolute Gasteiger partial charge is 0.309 e. The molecule has 0 fully saturated rings. The van der Waals surface area contributed by atoms with Gasteiger partial charge in [0.2, 0.25) is 5.95 Å². The molecule has 0 unspecified atom stereocenters. The van der Waals surface area contributed by atoms with Crippen molar-refractivity contribution in [3.63, 3.8) is 0 Å². The second-order valence-corrected chi connectivity index (χ2v) is 15.4. The van der Waals surface area contributed by atoms with Crippen molar-refractivity contribution in [3.05, 3.63) is 218 Å². The minimum atomic E-state index is 0.562. The summed E-state index contributed by atoms with van der Waals surface area (Å²) < 4.78 is 4.59. The molecule has 8 aromatic carbocycles. The lowest BCUT2D eigenvalue weighted by Crippen LogP contribution is -2.06. The molecule has 4 aromatic heterocycles. The number of fused-ring (bicyclic) bond motifs is 7. The van der Waals surface area contributed by atoms with Crippen LogP contribution in [-0.2, 0) is 0 Å². The van der Waals surface area contributed by atoms with E-state index in [-0.39, 0.29) is 0 Å². The van der Waals surface area contributed by atoms with Gasteiger partial charge in [0.15, 0.2) is 11.6 Å². The second kappa shape index (κ2) is 14.7. The Balaban J connectivity index is 1.06. The van der Waals surface area contributed by atoms with E-state index in [1.165, 1.54) is 10.8 Å². The summed E-state index contributed by atoms with van der Waals surface area (Å²) >= 11 is 0. The van der Waals surface area contributed by atoms with Crippen molar-refractivity contribution in [2.24, 2.45) is 0 Å². The molecule has 0 aliphatic heterocycles. The number of rotatable bonds is 7. The molecule has 290 valence electrons. The molecule has 12 rings (SSSR count). The minimum absolute atomic E-state index is 0.562. The third-order valence-electron chi connectivity index (χ3n) is 11.8. The lowest BCUT2D eigenvalue weighted by atomic mass is 9.99. The van der Waals surface area contributed by atoms with Gasteiger partial charge >= 0.3 is 0 Å². The maximum Gasteiger partial charge on any atom is 0.238 e. The Labute approximate surface area is 357 Å². The Hall–Kier alpha value is -8.48. The van der Waals surface area contributed by atoms with E-state index in [4.69, 9.17) is 19.9 Å². The van der Waals surface area contributed by atoms with Crippen LogP contribution in [0.2, 0.25) is 0 Å². The molecule has 0 saturated carbocycles. The average Bonchev–Trinajstić information content (AvgIpc) is 3.88. The molecule has 6 heteroatoms. The van der Waals surface area contributed by atoms with E-state index in [1.807, 2.05) is 48.5 Å². The SMILES string of the molecule is c1ccc(-c2cccc(-c3ccc(-n4c5ccccc5c5c6c7ccccc7n(-c7nc(-c8ccccc8)nc(-c8ccccc8-c8ccccc8)n7)c6ccc54)cc3)n2)cc1. The maximum absolute atomic E-state index is 5.34. The van der Waals surface area contributed by atoms with E-state index < -0.39 is 0 Å². The second-order valence-electron chi connectivity index (χ2n) is 15.4. The molecule has 12 aromatic rings. The number of hydrogen-bond acceptors (Lipinski definition) is 4. The van der Waals surface area contributed by atoms with Gasteiger partial charge in [0.25, 0.3) is 0 Å². The molecule has 62 heavy (non-hydrogen) atoms. The van der Waals surface area contributed by atoms with Crippen molar-refractivity contribution >= 4 is 43.6 Å². The van der Waals surface area contributed by atoms with Crippen LogP contribution in [0, 0.1) is 0 Å². The van der Waals surface area contributed by atoms with Gasteiger partial charge in [-0.15, -0.1) is 0 Å². The first kappa shape index (κ1) is 35.5. The highest BCUT2D eigenvalue weighted by molar-refractivity contribution is 6.28. The molecule has 0 spiro atoms. The van der Waals surface area contributed by atoms with E-state index in [0.717, 1.165) is 83.3 Å². The quantitative estimate of drug-likeness (QED) is 0.161. The monoisotopic (exact) mass is 792 g/mol. The average molecular weight is 793 g/mol. The van der Waals surface area contributed by atoms with Crippen molar-refractivity contribution in [2.75, 3.05) is 0 Å². The number of aromatic nitrogens is 6. The van der Waals surface area contributed by atoms with Gasteiger partial charge in [-0.2, -0.15) is 9.97 Å². The van der Waals surface area contributed by atoms with Crippen molar-refractivity contribution in [1.29, 1.82) is 0 Å². The van der Waals surface area contributed by atoms with E-state index in [2.05, 4.69) is 179 Å². The molecule has 0 aliphatic rings. The normalized spacial score (nSPS) is 11.5. The van der Waals surface area contributed by atoms with Gasteiger partial charge in [0, 0.05) is 49.5 Å². The van der Waals surface area contributed by atoms with Crippen LogP contribution in [0.5, 0.6) is 0 Å². The number of para-hydroxylation sites is 2. The van der Waals surface area contributed by atoms with Gasteiger partial charge in [-0.3, -0.25) is 4.57 Å². The molecule has 0 radical (unpaired) electrons. The Bertz CT molecular complexity index is 3610. The molecule has 6 nitrogen and oxygen atoms in total. The van der Waals surface area contributed by atoms with Crippen molar-refractivity contribution in [1.82, 2.24) is 29.1 Å². The Morgan fingerprint density at radius 3 is 1.40 bits per heavy atom. The summed E-state index contributed by atoms with van der Waals surface area (Å²) in [5.74, 6) is 1.79. The first-order chi connectivity index (χ1) is 30.8. The highest BCUT2D eigenvalue weighted by Gasteiger charge is 2.23. The summed E-state index contributed by atoms with van der Waals surface area (Å²) in [4.78, 5) is 20.8. The molecule has 0 atom stereocenters. The van der Waals surface area contributed by atoms with Gasteiger partial charge in [0.1, 0.15) is 0 Å². The van der Waals surface area contributed by atoms with Gasteiger partial charge in [-0.05, 0) is 59.7 Å². The zero-order chi connectivity index (χ0) is 41.0. The van der Waals surface area contributed by atoms with Gasteiger partial charge in [0.05, 0.1) is 33.5 Å². The van der Waals surface area contributed by atoms with E-state index in [9.17, 15) is 0 Å². The molecule has 0 N–H and O–H groups in total. The standard InChI is InChI=1S/C56H36N6/c1-4-17-37(18-5-1)42-23-10-11-24-43(42)55-58-54(40-21-8-3-9-22-40)59-56(60-55)62-49-30-15-13-26-45(49)53-51(62)36-35-50-52(53)44-25-12-14-29-48(44)61(50)41-33-31-39(32-34-41)47-28-16-27-46(57-47)38-19-6-2-7-20-38/h1-36H. The third-order valence-corrected chi connectivity index (χ3v) is 11.8. The molecule has 0 aliphatic carbocycles. The first-order valence-electron chi connectivity index (χ1n) is 20.8. The van der Waals surface area contributed by atoms with Crippen LogP contribution in [0.4, 0.5) is 0 Å². The Morgan fingerprint density at radius 2 is 0.758 bits per heavy atom. The van der Waals surface area contributed by atoms with Crippen LogP contribution in [0.1, 0.15) is 0 Å². The van der Waals surface area contributed by atoms with Crippen molar-refractivity contribution in [2.45, 2.75) is 0 Å². The van der Waals surface area contributed by atoms with Crippen molar-refractivity contribution in [3.8, 4) is 68.1 Å². The van der Waals surface area contributed by atoms with Gasteiger partial charge in [-0.25, -0.2) is 9.97 Å². The van der Waals surface area contributed by atoms with E-state index in [1.54, 1.807) is 0 Å². The summed E-state index contributed by atoms with van der Waals surface area (Å²) in [6, 6.07) is 76.1. The predicted molar refractivity (Wildman–Crippen MR) is 253 cm³/mol. The van der Waals surface area contributed by atoms with Crippen LogP contribution in [0.15, 0.2) is 218 Å². The number of hydrogen-bond donors (Lipinski definition) is 0. The van der Waals surface area contributed by atoms with Crippen LogP contribution >= 0.6 is 0 Å². The van der Waals surface area contributed by atoms with Crippen LogP contribution in [0.3, 0.4) is 0 Å². The molecule has 0 amide bonds. The van der Waals surface area contributed by atoms with Gasteiger partial charge in [-0.1, -0.05) is 170 Å². The van der Waals surface area contributed by atoms with Crippen LogP contribution in [-0.4, -0.2) is 29.1 Å².